The van der Waals surface area contributed by atoms with Crippen LogP contribution in [0.25, 0.3) is 154 Å². The Labute approximate surface area is 676 Å². The molecular weight excluding hydrogens is 1760 g/mol. The molecule has 20 rings (SSSR count). The van der Waals surface area contributed by atoms with Gasteiger partial charge in [0.1, 0.15) is 0 Å². The third-order valence-electron chi connectivity index (χ3n) is 18.8. The van der Waals surface area contributed by atoms with Gasteiger partial charge in [-0.15, -0.1) is 0 Å². The highest BCUT2D eigenvalue weighted by Crippen LogP contribution is 2.43. The monoisotopic (exact) mass is 1820 g/mol. The summed E-state index contributed by atoms with van der Waals surface area (Å²) < 4.78 is 17.3. The van der Waals surface area contributed by atoms with Gasteiger partial charge in [-0.2, -0.15) is 0 Å². The fourth-order valence-electron chi connectivity index (χ4n) is 14.6. The van der Waals surface area contributed by atoms with E-state index in [-0.39, 0.29) is 29.7 Å². The van der Waals surface area contributed by atoms with Crippen molar-refractivity contribution < 1.29 is 0 Å². The zero-order valence-electron chi connectivity index (χ0n) is 54.2. The highest BCUT2D eigenvalue weighted by atomic mass is 79.9. The molecule has 15 aromatic carbocycles. The van der Waals surface area contributed by atoms with Crippen molar-refractivity contribution in [1.82, 2.24) is 23.3 Å². The van der Waals surface area contributed by atoms with E-state index in [1.165, 1.54) is 120 Å². The lowest BCUT2D eigenvalue weighted by Gasteiger charge is -2.18. The minimum atomic E-state index is 0. The van der Waals surface area contributed by atoms with Crippen molar-refractivity contribution in [2.75, 3.05) is 0 Å². The van der Waals surface area contributed by atoms with Crippen molar-refractivity contribution in [3.63, 3.8) is 0 Å². The number of para-hydroxylation sites is 10. The topological polar surface area (TPSA) is 35.5 Å². The van der Waals surface area contributed by atoms with Crippen LogP contribution in [0, 0.1) is 0 Å². The Kier molecular flexibility index (Phi) is 22.6. The lowest BCUT2D eigenvalue weighted by atomic mass is 10.0. The molecule has 106 heavy (non-hydrogen) atoms. The summed E-state index contributed by atoms with van der Waals surface area (Å²) in [4.78, 5) is 3.38. The average Bonchev–Trinajstić information content (AvgIpc) is 1.51. The SMILES string of the molecule is Brc1cc(Br)cc(-c2cc(Br)cc(Br)c2)c1.Brc1cc(Br)cc(Br)c1.C.C.C.C.c1ccc2c(c1)[nH]c1ccccc12.c1ccc2c(c1)c1ccccc1n2-c1cc(-c2cc(-n3c4ccccc4c4ccccc43)cc(-n3c4ccccc4c4ccccc43)c2)cc(-n2c3ccccc3c3ccccc32)c1. The Morgan fingerprint density at radius 2 is 0.330 bits per heavy atom. The van der Waals surface area contributed by atoms with E-state index in [2.05, 4.69) is 438 Å². The standard InChI is InChI=1S/C60H38N4.C12H6Br4.C12H9N.C6H3Br3.4CH4/c1-9-25-53-45(17-1)46-18-2-10-26-54(46)61(53)41-33-39(34-42(37-41)62-55-27-11-3-19-47(55)48-20-4-12-28-56(48)62)40-35-43(63-57-29-13-5-21-49(57)50-22-6-14-30-58(50)63)38-44(36-40)64-59-31-15-7-23-51(59)52-24-8-16-32-60(52)64;13-9-1-7(2-10(14)5-9)8-3-11(15)6-12(16)4-8;1-3-7-11-9(5-1)10-6-2-4-8-12(10)13-11;7-4-1-5(8)3-6(9)2-4;;;;/h1-38H;1-6H;1-8,13H;1-3H;4*1H4. The van der Waals surface area contributed by atoms with Crippen molar-refractivity contribution in [2.45, 2.75) is 29.7 Å². The zero-order chi connectivity index (χ0) is 69.1. The summed E-state index contributed by atoms with van der Waals surface area (Å²) in [6.07, 6.45) is 0. The van der Waals surface area contributed by atoms with Gasteiger partial charge >= 0.3 is 0 Å². The first-order valence-electron chi connectivity index (χ1n) is 33.2. The maximum absolute atomic E-state index is 3.49. The molecule has 0 spiro atoms. The summed E-state index contributed by atoms with van der Waals surface area (Å²) in [5.41, 5.74) is 20.9. The molecular formula is C94H72Br7N5. The van der Waals surface area contributed by atoms with E-state index >= 15 is 0 Å². The van der Waals surface area contributed by atoms with Crippen LogP contribution in [0.5, 0.6) is 0 Å². The maximum atomic E-state index is 3.49. The first-order chi connectivity index (χ1) is 49.9. The van der Waals surface area contributed by atoms with Crippen molar-refractivity contribution in [2.24, 2.45) is 0 Å². The molecule has 12 heteroatoms. The van der Waals surface area contributed by atoms with Crippen molar-refractivity contribution in [3.05, 3.63) is 365 Å². The number of halogens is 7. The van der Waals surface area contributed by atoms with Crippen LogP contribution in [-0.2, 0) is 0 Å². The van der Waals surface area contributed by atoms with Gasteiger partial charge in [-0.25, -0.2) is 0 Å². The van der Waals surface area contributed by atoms with E-state index in [0.29, 0.717) is 0 Å². The predicted molar refractivity (Wildman–Crippen MR) is 484 cm³/mol. The highest BCUT2D eigenvalue weighted by molar-refractivity contribution is 9.12. The predicted octanol–water partition coefficient (Wildman–Crippen LogP) is 32.0. The molecule has 0 atom stereocenters. The molecule has 0 amide bonds. The van der Waals surface area contributed by atoms with Crippen molar-refractivity contribution in [1.29, 1.82) is 0 Å². The molecule has 0 unspecified atom stereocenters. The van der Waals surface area contributed by atoms with Crippen LogP contribution in [0.4, 0.5) is 0 Å². The second-order valence-corrected chi connectivity index (χ2v) is 31.5. The molecule has 0 aliphatic rings. The molecule has 5 heterocycles. The average molecular weight is 1830 g/mol. The Morgan fingerprint density at radius 3 is 0.538 bits per heavy atom. The number of nitrogens with zero attached hydrogens (tertiary/aromatic N) is 4. The number of rotatable bonds is 6. The van der Waals surface area contributed by atoms with Gasteiger partial charge in [0.25, 0.3) is 0 Å². The minimum Gasteiger partial charge on any atom is -0.355 e. The lowest BCUT2D eigenvalue weighted by molar-refractivity contribution is 1.13. The largest absolute Gasteiger partial charge is 0.355 e. The summed E-state index contributed by atoms with van der Waals surface area (Å²) in [7, 11) is 0. The number of benzene rings is 15. The van der Waals surface area contributed by atoms with Crippen LogP contribution < -0.4 is 0 Å². The summed E-state index contributed by atoms with van der Waals surface area (Å²) in [6.45, 7) is 0. The van der Waals surface area contributed by atoms with E-state index < -0.39 is 0 Å². The molecule has 0 fully saturated rings. The maximum Gasteiger partial charge on any atom is 0.0541 e. The van der Waals surface area contributed by atoms with E-state index in [0.717, 1.165) is 65.2 Å². The van der Waals surface area contributed by atoms with Crippen LogP contribution in [-0.4, -0.2) is 23.3 Å². The molecule has 0 radical (unpaired) electrons. The number of fused-ring (bicyclic) bond motifs is 15. The fraction of sp³-hybridized carbons (Fsp3) is 0.0426. The minimum absolute atomic E-state index is 0. The Bertz CT molecular complexity index is 5710. The second kappa shape index (κ2) is 32.0. The van der Waals surface area contributed by atoms with Crippen molar-refractivity contribution >= 4 is 221 Å². The molecule has 0 aliphatic heterocycles. The smallest absolute Gasteiger partial charge is 0.0541 e. The Morgan fingerprint density at radius 1 is 0.170 bits per heavy atom. The third-order valence-corrected chi connectivity index (χ3v) is 22.0. The number of hydrogen-bond acceptors (Lipinski definition) is 0. The zero-order valence-corrected chi connectivity index (χ0v) is 65.3. The molecule has 0 bridgehead atoms. The molecule has 5 aromatic heterocycles. The van der Waals surface area contributed by atoms with Gasteiger partial charge < -0.3 is 23.3 Å². The Balaban J connectivity index is 0.000000192. The molecule has 20 aromatic rings. The molecule has 0 aliphatic carbocycles. The molecule has 1 N–H and O–H groups in total. The lowest BCUT2D eigenvalue weighted by Crippen LogP contribution is -2.02. The van der Waals surface area contributed by atoms with Crippen LogP contribution in [0.15, 0.2) is 365 Å². The first kappa shape index (κ1) is 74.9. The molecule has 5 nitrogen and oxygen atoms in total. The molecule has 0 saturated heterocycles. The van der Waals surface area contributed by atoms with Gasteiger partial charge in [0.05, 0.1) is 44.1 Å². The summed E-state index contributed by atoms with van der Waals surface area (Å²) >= 11 is 24.0. The van der Waals surface area contributed by atoms with Gasteiger partial charge in [0, 0.05) is 119 Å². The summed E-state index contributed by atoms with van der Waals surface area (Å²) in [5, 5.41) is 12.5. The van der Waals surface area contributed by atoms with Crippen LogP contribution in [0.2, 0.25) is 0 Å². The number of hydrogen-bond donors (Lipinski definition) is 1. The van der Waals surface area contributed by atoms with Gasteiger partial charge in [-0.1, -0.05) is 323 Å². The Hall–Kier alpha value is -9.34. The summed E-state index contributed by atoms with van der Waals surface area (Å²) in [6, 6.07) is 120. The van der Waals surface area contributed by atoms with E-state index in [1.54, 1.807) is 0 Å². The van der Waals surface area contributed by atoms with Gasteiger partial charge in [-0.3, -0.25) is 0 Å². The normalized spacial score (nSPS) is 11.0. The third kappa shape index (κ3) is 14.3. The number of aromatic nitrogens is 5. The number of H-pyrrole nitrogens is 1. The van der Waals surface area contributed by atoms with Crippen LogP contribution in [0.3, 0.4) is 0 Å². The van der Waals surface area contributed by atoms with E-state index in [9.17, 15) is 0 Å². The molecule has 0 saturated carbocycles. The van der Waals surface area contributed by atoms with Gasteiger partial charge in [-0.05, 0) is 174 Å². The van der Waals surface area contributed by atoms with Crippen molar-refractivity contribution in [3.8, 4) is 45.0 Å². The fourth-order valence-corrected chi connectivity index (χ4v) is 19.6. The first-order valence-corrected chi connectivity index (χ1v) is 38.7. The number of aromatic amines is 1. The quantitative estimate of drug-likeness (QED) is 0.172. The van der Waals surface area contributed by atoms with Gasteiger partial charge in [0.15, 0.2) is 0 Å². The summed E-state index contributed by atoms with van der Waals surface area (Å²) in [5.74, 6) is 0. The van der Waals surface area contributed by atoms with Crippen LogP contribution >= 0.6 is 112 Å². The second-order valence-electron chi connectivity index (χ2n) is 25.1. The van der Waals surface area contributed by atoms with Gasteiger partial charge in [0.2, 0.25) is 0 Å². The van der Waals surface area contributed by atoms with Crippen LogP contribution in [0.1, 0.15) is 29.7 Å². The number of nitrogens with one attached hydrogen (secondary N) is 1. The van der Waals surface area contributed by atoms with E-state index in [1.807, 2.05) is 30.3 Å². The molecule has 522 valence electrons. The van der Waals surface area contributed by atoms with E-state index in [4.69, 9.17) is 0 Å². The highest BCUT2D eigenvalue weighted by Gasteiger charge is 2.21.